The van der Waals surface area contributed by atoms with Gasteiger partial charge in [-0.15, -0.1) is 0 Å². The molecule has 0 atom stereocenters. The van der Waals surface area contributed by atoms with Gasteiger partial charge in [0.1, 0.15) is 5.82 Å². The van der Waals surface area contributed by atoms with Crippen LogP contribution in [-0.2, 0) is 27.2 Å². The second-order valence-electron chi connectivity index (χ2n) is 9.37. The predicted molar refractivity (Wildman–Crippen MR) is 141 cm³/mol. The third-order valence-electron chi connectivity index (χ3n) is 7.34. The number of benzene rings is 3. The molecule has 0 amide bonds. The Hall–Kier alpha value is -4.65. The lowest BCUT2D eigenvalue weighted by Gasteiger charge is -2.09. The minimum absolute atomic E-state index is 0.209. The second-order valence-corrected chi connectivity index (χ2v) is 9.37. The van der Waals surface area contributed by atoms with Gasteiger partial charge in [0.15, 0.2) is 11.2 Å². The molecule has 0 unspecified atom stereocenters. The van der Waals surface area contributed by atoms with E-state index in [9.17, 15) is 9.59 Å². The number of rotatable bonds is 3. The molecule has 0 aliphatic carbocycles. The average Bonchev–Trinajstić information content (AvgIpc) is 3.55. The number of hydrogen-bond acceptors (Lipinski definition) is 3. The van der Waals surface area contributed by atoms with Gasteiger partial charge in [0.2, 0.25) is 0 Å². The Labute approximate surface area is 206 Å². The van der Waals surface area contributed by atoms with E-state index in [1.54, 1.807) is 7.05 Å². The summed E-state index contributed by atoms with van der Waals surface area (Å²) in [6, 6.07) is 26.3. The lowest BCUT2D eigenvalue weighted by molar-refractivity contribution is 0.655. The molecule has 176 valence electrons. The van der Waals surface area contributed by atoms with Crippen molar-refractivity contribution in [2.24, 2.45) is 14.1 Å². The molecule has 3 aromatic heterocycles. The van der Waals surface area contributed by atoms with Crippen LogP contribution in [-0.4, -0.2) is 23.3 Å². The topological polar surface area (TPSA) is 66.8 Å². The second kappa shape index (κ2) is 7.42. The molecule has 1 aliphatic heterocycles. The number of aryl methyl sites for hydroxylation is 2. The minimum Gasteiger partial charge on any atom is -0.335 e. The van der Waals surface area contributed by atoms with E-state index in [1.807, 2.05) is 54.1 Å². The molecule has 0 spiro atoms. The number of nitrogens with zero attached hydrogens (tertiary/aromatic N) is 5. The first-order chi connectivity index (χ1) is 17.5. The maximum absolute atomic E-state index is 13.7. The van der Waals surface area contributed by atoms with E-state index < -0.39 is 0 Å². The van der Waals surface area contributed by atoms with E-state index in [0.717, 1.165) is 34.3 Å². The van der Waals surface area contributed by atoms with Crippen molar-refractivity contribution in [2.75, 3.05) is 0 Å². The van der Waals surface area contributed by atoms with Crippen LogP contribution in [0, 0.1) is 0 Å². The number of fused-ring (bicyclic) bond motifs is 6. The van der Waals surface area contributed by atoms with Gasteiger partial charge in [-0.2, -0.15) is 0 Å². The predicted octanol–water partition coefficient (Wildman–Crippen LogP) is 4.13. The summed E-state index contributed by atoms with van der Waals surface area (Å²) in [5, 5.41) is 1.08. The van der Waals surface area contributed by atoms with E-state index in [-0.39, 0.29) is 17.8 Å². The third-order valence-corrected chi connectivity index (χ3v) is 7.34. The van der Waals surface area contributed by atoms with Gasteiger partial charge in [0.05, 0.1) is 17.8 Å². The highest BCUT2D eigenvalue weighted by Gasteiger charge is 2.30. The Kier molecular flexibility index (Phi) is 4.27. The highest BCUT2D eigenvalue weighted by Crippen LogP contribution is 2.45. The van der Waals surface area contributed by atoms with Crippen LogP contribution in [0.3, 0.4) is 0 Å². The van der Waals surface area contributed by atoms with Crippen LogP contribution in [0.25, 0.3) is 44.7 Å². The quantitative estimate of drug-likeness (QED) is 0.388. The van der Waals surface area contributed by atoms with Gasteiger partial charge in [-0.05, 0) is 17.2 Å². The number of imidazole rings is 1. The first-order valence-corrected chi connectivity index (χ1v) is 11.9. The maximum Gasteiger partial charge on any atom is 0.332 e. The SMILES string of the molecule is Cn1c(-c2c3n(c4ccccc24)Cc2ccccc2-3)nc2c1c(=O)n(Cc1ccccc1)c(=O)n2C. The standard InChI is InChI=1S/C29H23N5O2/c1-31-25-27(32(2)29(36)34(28(25)35)16-18-10-4-3-5-11-18)30-26(31)23-21-14-8-9-15-22(21)33-17-19-12-6-7-13-20(19)24(23)33/h3-15H,16-17H2,1-2H3. The normalized spacial score (nSPS) is 12.4. The fourth-order valence-corrected chi connectivity index (χ4v) is 5.61. The van der Waals surface area contributed by atoms with Gasteiger partial charge in [-0.1, -0.05) is 72.8 Å². The highest BCUT2D eigenvalue weighted by atomic mass is 16.2. The fourth-order valence-electron chi connectivity index (χ4n) is 5.61. The number of hydrogen-bond donors (Lipinski definition) is 0. The Morgan fingerprint density at radius 2 is 1.56 bits per heavy atom. The molecule has 4 heterocycles. The zero-order valence-electron chi connectivity index (χ0n) is 20.0. The lowest BCUT2D eigenvalue weighted by Crippen LogP contribution is -2.39. The molecule has 36 heavy (non-hydrogen) atoms. The summed E-state index contributed by atoms with van der Waals surface area (Å²) < 4.78 is 6.94. The molecule has 0 radical (unpaired) electrons. The first kappa shape index (κ1) is 20.7. The summed E-state index contributed by atoms with van der Waals surface area (Å²) >= 11 is 0. The molecular weight excluding hydrogens is 450 g/mol. The highest BCUT2D eigenvalue weighted by molar-refractivity contribution is 6.05. The summed E-state index contributed by atoms with van der Waals surface area (Å²) in [4.78, 5) is 31.9. The Balaban J connectivity index is 1.54. The molecule has 6 aromatic rings. The molecule has 0 bridgehead atoms. The molecule has 7 nitrogen and oxygen atoms in total. The van der Waals surface area contributed by atoms with E-state index >= 15 is 0 Å². The summed E-state index contributed by atoms with van der Waals surface area (Å²) in [6.45, 7) is 0.999. The molecule has 0 saturated heterocycles. The summed E-state index contributed by atoms with van der Waals surface area (Å²) in [5.74, 6) is 0.677. The first-order valence-electron chi connectivity index (χ1n) is 11.9. The number of para-hydroxylation sites is 1. The van der Waals surface area contributed by atoms with Crippen LogP contribution in [0.15, 0.2) is 88.5 Å². The van der Waals surface area contributed by atoms with Gasteiger partial charge in [0, 0.05) is 37.1 Å². The third kappa shape index (κ3) is 2.71. The monoisotopic (exact) mass is 473 g/mol. The van der Waals surface area contributed by atoms with Gasteiger partial charge in [-0.25, -0.2) is 9.78 Å². The van der Waals surface area contributed by atoms with E-state index in [0.29, 0.717) is 17.0 Å². The van der Waals surface area contributed by atoms with E-state index in [4.69, 9.17) is 4.98 Å². The zero-order chi connectivity index (χ0) is 24.6. The van der Waals surface area contributed by atoms with Gasteiger partial charge in [-0.3, -0.25) is 13.9 Å². The molecule has 0 fully saturated rings. The maximum atomic E-state index is 13.7. The van der Waals surface area contributed by atoms with Crippen LogP contribution in [0.5, 0.6) is 0 Å². The molecule has 1 aliphatic rings. The summed E-state index contributed by atoms with van der Waals surface area (Å²) in [5.41, 5.74) is 6.63. The molecular formula is C29H23N5O2. The van der Waals surface area contributed by atoms with E-state index in [1.165, 1.54) is 20.3 Å². The van der Waals surface area contributed by atoms with Crippen LogP contribution in [0.2, 0.25) is 0 Å². The van der Waals surface area contributed by atoms with Crippen LogP contribution < -0.4 is 11.2 Å². The van der Waals surface area contributed by atoms with Gasteiger partial charge >= 0.3 is 5.69 Å². The molecule has 7 heteroatoms. The molecule has 0 N–H and O–H groups in total. The average molecular weight is 474 g/mol. The van der Waals surface area contributed by atoms with Gasteiger partial charge in [0.25, 0.3) is 5.56 Å². The van der Waals surface area contributed by atoms with Crippen molar-refractivity contribution in [2.45, 2.75) is 13.1 Å². The fraction of sp³-hybridized carbons (Fsp3) is 0.138. The largest absolute Gasteiger partial charge is 0.335 e. The van der Waals surface area contributed by atoms with Crippen molar-refractivity contribution in [1.29, 1.82) is 0 Å². The molecule has 3 aromatic carbocycles. The minimum atomic E-state index is -0.377. The van der Waals surface area contributed by atoms with Crippen molar-refractivity contribution < 1.29 is 0 Å². The Morgan fingerprint density at radius 3 is 2.39 bits per heavy atom. The van der Waals surface area contributed by atoms with Crippen molar-refractivity contribution in [3.63, 3.8) is 0 Å². The summed E-state index contributed by atoms with van der Waals surface area (Å²) in [6.07, 6.45) is 0. The smallest absolute Gasteiger partial charge is 0.332 e. The van der Waals surface area contributed by atoms with Crippen LogP contribution in [0.4, 0.5) is 0 Å². The van der Waals surface area contributed by atoms with Crippen molar-refractivity contribution in [1.82, 2.24) is 23.3 Å². The Bertz CT molecular complexity index is 1950. The van der Waals surface area contributed by atoms with Crippen molar-refractivity contribution in [3.8, 4) is 22.6 Å². The summed E-state index contributed by atoms with van der Waals surface area (Å²) in [7, 11) is 3.54. The van der Waals surface area contributed by atoms with Crippen molar-refractivity contribution >= 4 is 22.1 Å². The lowest BCUT2D eigenvalue weighted by atomic mass is 10.0. The number of aromatic nitrogens is 5. The molecule has 7 rings (SSSR count). The van der Waals surface area contributed by atoms with Gasteiger partial charge < -0.3 is 9.13 Å². The molecule has 0 saturated carbocycles. The van der Waals surface area contributed by atoms with Crippen LogP contribution >= 0.6 is 0 Å². The van der Waals surface area contributed by atoms with Crippen LogP contribution in [0.1, 0.15) is 11.1 Å². The Morgan fingerprint density at radius 1 is 0.833 bits per heavy atom. The van der Waals surface area contributed by atoms with Crippen molar-refractivity contribution in [3.05, 3.63) is 111 Å². The zero-order valence-corrected chi connectivity index (χ0v) is 20.0. The van der Waals surface area contributed by atoms with E-state index in [2.05, 4.69) is 41.0 Å².